The van der Waals surface area contributed by atoms with Crippen molar-refractivity contribution in [2.24, 2.45) is 0 Å². The van der Waals surface area contributed by atoms with E-state index in [2.05, 4.69) is 5.92 Å². The number of aliphatic hydroxyl groups is 1. The Hall–Kier alpha value is -1.21. The smallest absolute Gasteiger partial charge is 0.410 e. The third-order valence-corrected chi connectivity index (χ3v) is 2.70. The minimum absolute atomic E-state index is 0.0749. The van der Waals surface area contributed by atoms with Gasteiger partial charge in [-0.2, -0.15) is 0 Å². The first-order chi connectivity index (χ1) is 7.69. The average Bonchev–Trinajstić information content (AvgIpc) is 2.60. The number of terminal acetylenes is 1. The Balaban J connectivity index is 2.43. The van der Waals surface area contributed by atoms with E-state index in [4.69, 9.17) is 11.2 Å². The zero-order chi connectivity index (χ0) is 12.0. The SMILES string of the molecule is C#CC[C@H]1C[C@@H](O)CN1C(=O)OCCCC. The lowest BCUT2D eigenvalue weighted by Crippen LogP contribution is -2.36. The molecule has 0 aromatic carbocycles. The van der Waals surface area contributed by atoms with Crippen molar-refractivity contribution in [3.05, 3.63) is 0 Å². The Bertz CT molecular complexity index is 272. The molecule has 1 N–H and O–H groups in total. The van der Waals surface area contributed by atoms with Crippen LogP contribution < -0.4 is 0 Å². The van der Waals surface area contributed by atoms with Crippen LogP contribution in [-0.2, 0) is 4.74 Å². The molecule has 2 atom stereocenters. The van der Waals surface area contributed by atoms with E-state index in [1.807, 2.05) is 6.92 Å². The number of carbonyl (C=O) groups is 1. The monoisotopic (exact) mass is 225 g/mol. The number of rotatable bonds is 4. The van der Waals surface area contributed by atoms with Crippen LogP contribution in [0.1, 0.15) is 32.6 Å². The van der Waals surface area contributed by atoms with Gasteiger partial charge in [-0.05, 0) is 12.8 Å². The van der Waals surface area contributed by atoms with Gasteiger partial charge in [-0.15, -0.1) is 12.3 Å². The molecular formula is C12H19NO3. The van der Waals surface area contributed by atoms with Crippen LogP contribution in [0.5, 0.6) is 0 Å². The normalized spacial score (nSPS) is 24.2. The molecule has 1 rings (SSSR count). The lowest BCUT2D eigenvalue weighted by Gasteiger charge is -2.22. The molecule has 90 valence electrons. The molecule has 0 aromatic heterocycles. The lowest BCUT2D eigenvalue weighted by molar-refractivity contribution is 0.0927. The van der Waals surface area contributed by atoms with Crippen LogP contribution in [0.15, 0.2) is 0 Å². The number of hydrogen-bond donors (Lipinski definition) is 1. The minimum Gasteiger partial charge on any atom is -0.449 e. The van der Waals surface area contributed by atoms with E-state index in [0.717, 1.165) is 12.8 Å². The quantitative estimate of drug-likeness (QED) is 0.581. The summed E-state index contributed by atoms with van der Waals surface area (Å²) < 4.78 is 5.10. The van der Waals surface area contributed by atoms with E-state index in [1.165, 1.54) is 0 Å². The number of amides is 1. The summed E-state index contributed by atoms with van der Waals surface area (Å²) in [7, 11) is 0. The molecule has 1 aliphatic heterocycles. The number of likely N-dealkylation sites (tertiary alicyclic amines) is 1. The van der Waals surface area contributed by atoms with Gasteiger partial charge in [0.2, 0.25) is 0 Å². The van der Waals surface area contributed by atoms with Crippen molar-refractivity contribution < 1.29 is 14.6 Å². The minimum atomic E-state index is -0.475. The molecule has 0 spiro atoms. The van der Waals surface area contributed by atoms with Crippen molar-refractivity contribution in [2.45, 2.75) is 44.8 Å². The van der Waals surface area contributed by atoms with Crippen LogP contribution in [0, 0.1) is 12.3 Å². The second kappa shape index (κ2) is 6.39. The van der Waals surface area contributed by atoms with Crippen LogP contribution in [-0.4, -0.2) is 41.4 Å². The molecule has 0 saturated carbocycles. The highest BCUT2D eigenvalue weighted by Crippen LogP contribution is 2.21. The van der Waals surface area contributed by atoms with Crippen LogP contribution in [0.2, 0.25) is 0 Å². The Kier molecular flexibility index (Phi) is 5.13. The van der Waals surface area contributed by atoms with E-state index < -0.39 is 6.10 Å². The maximum atomic E-state index is 11.7. The first-order valence-corrected chi connectivity index (χ1v) is 5.74. The van der Waals surface area contributed by atoms with Crippen molar-refractivity contribution in [3.63, 3.8) is 0 Å². The molecular weight excluding hydrogens is 206 g/mol. The van der Waals surface area contributed by atoms with Gasteiger partial charge in [-0.1, -0.05) is 13.3 Å². The molecule has 16 heavy (non-hydrogen) atoms. The van der Waals surface area contributed by atoms with E-state index in [-0.39, 0.29) is 12.1 Å². The summed E-state index contributed by atoms with van der Waals surface area (Å²) in [5.41, 5.74) is 0. The molecule has 0 radical (unpaired) electrons. The number of β-amino-alcohol motifs (C(OH)–C–C–N with tert-alkyl or cyclic N) is 1. The Morgan fingerprint density at radius 1 is 1.69 bits per heavy atom. The second-order valence-electron chi connectivity index (χ2n) is 4.07. The molecule has 1 aliphatic rings. The van der Waals surface area contributed by atoms with E-state index >= 15 is 0 Å². The zero-order valence-electron chi connectivity index (χ0n) is 9.69. The third kappa shape index (κ3) is 3.42. The summed E-state index contributed by atoms with van der Waals surface area (Å²) in [6.45, 7) is 2.80. The van der Waals surface area contributed by atoms with Crippen molar-refractivity contribution in [1.29, 1.82) is 0 Å². The Labute approximate surface area is 96.6 Å². The maximum Gasteiger partial charge on any atom is 0.410 e. The van der Waals surface area contributed by atoms with Gasteiger partial charge in [0.15, 0.2) is 0 Å². The summed E-state index contributed by atoms with van der Waals surface area (Å²) >= 11 is 0. The fourth-order valence-electron chi connectivity index (χ4n) is 1.83. The van der Waals surface area contributed by atoms with Crippen LogP contribution in [0.3, 0.4) is 0 Å². The van der Waals surface area contributed by atoms with Crippen LogP contribution >= 0.6 is 0 Å². The largest absolute Gasteiger partial charge is 0.449 e. The first-order valence-electron chi connectivity index (χ1n) is 5.74. The van der Waals surface area contributed by atoms with Gasteiger partial charge in [0.1, 0.15) is 0 Å². The number of nitrogens with zero attached hydrogens (tertiary/aromatic N) is 1. The van der Waals surface area contributed by atoms with Gasteiger partial charge >= 0.3 is 6.09 Å². The van der Waals surface area contributed by atoms with Gasteiger partial charge in [0, 0.05) is 12.5 Å². The first kappa shape index (κ1) is 12.9. The molecule has 1 heterocycles. The second-order valence-corrected chi connectivity index (χ2v) is 4.07. The fraction of sp³-hybridized carbons (Fsp3) is 0.750. The molecule has 0 bridgehead atoms. The van der Waals surface area contributed by atoms with E-state index in [0.29, 0.717) is 26.0 Å². The van der Waals surface area contributed by atoms with Crippen molar-refractivity contribution in [3.8, 4) is 12.3 Å². The van der Waals surface area contributed by atoms with Crippen molar-refractivity contribution in [2.75, 3.05) is 13.2 Å². The molecule has 0 unspecified atom stereocenters. The number of aliphatic hydroxyl groups excluding tert-OH is 1. The fourth-order valence-corrected chi connectivity index (χ4v) is 1.83. The Morgan fingerprint density at radius 2 is 2.44 bits per heavy atom. The van der Waals surface area contributed by atoms with Gasteiger partial charge in [0.05, 0.1) is 19.3 Å². The summed E-state index contributed by atoms with van der Waals surface area (Å²) in [5.74, 6) is 2.52. The molecule has 4 heteroatoms. The van der Waals surface area contributed by atoms with Crippen molar-refractivity contribution in [1.82, 2.24) is 4.90 Å². The Morgan fingerprint density at radius 3 is 3.06 bits per heavy atom. The highest BCUT2D eigenvalue weighted by molar-refractivity contribution is 5.68. The van der Waals surface area contributed by atoms with Gasteiger partial charge in [-0.25, -0.2) is 4.79 Å². The number of carbonyl (C=O) groups excluding carboxylic acids is 1. The zero-order valence-corrected chi connectivity index (χ0v) is 9.69. The van der Waals surface area contributed by atoms with Crippen molar-refractivity contribution >= 4 is 6.09 Å². The molecule has 1 saturated heterocycles. The number of hydrogen-bond acceptors (Lipinski definition) is 3. The standard InChI is InChI=1S/C12H19NO3/c1-3-5-7-16-12(15)13-9-11(14)8-10(13)6-4-2/h2,10-11,14H,3,5-9H2,1H3/t10-,11+/m0/s1. The lowest BCUT2D eigenvalue weighted by atomic mass is 10.1. The maximum absolute atomic E-state index is 11.7. The van der Waals surface area contributed by atoms with Crippen LogP contribution in [0.25, 0.3) is 0 Å². The van der Waals surface area contributed by atoms with Gasteiger partial charge in [-0.3, -0.25) is 0 Å². The molecule has 1 amide bonds. The summed E-state index contributed by atoms with van der Waals surface area (Å²) in [4.78, 5) is 13.2. The summed E-state index contributed by atoms with van der Waals surface area (Å²) in [6.07, 6.45) is 7.27. The molecule has 4 nitrogen and oxygen atoms in total. The number of unbranched alkanes of at least 4 members (excludes halogenated alkanes) is 1. The molecule has 0 aliphatic carbocycles. The molecule has 0 aromatic rings. The van der Waals surface area contributed by atoms with E-state index in [9.17, 15) is 9.90 Å². The number of ether oxygens (including phenoxy) is 1. The topological polar surface area (TPSA) is 49.8 Å². The summed E-state index contributed by atoms with van der Waals surface area (Å²) in [6, 6.07) is -0.0749. The summed E-state index contributed by atoms with van der Waals surface area (Å²) in [5, 5.41) is 9.50. The predicted octanol–water partition coefficient (Wildman–Crippen LogP) is 1.38. The average molecular weight is 225 g/mol. The van der Waals surface area contributed by atoms with Gasteiger partial charge in [0.25, 0.3) is 0 Å². The highest BCUT2D eigenvalue weighted by Gasteiger charge is 2.34. The molecule has 1 fully saturated rings. The third-order valence-electron chi connectivity index (χ3n) is 2.70. The highest BCUT2D eigenvalue weighted by atomic mass is 16.6. The van der Waals surface area contributed by atoms with Crippen LogP contribution in [0.4, 0.5) is 4.79 Å². The predicted molar refractivity (Wildman–Crippen MR) is 60.8 cm³/mol. The van der Waals surface area contributed by atoms with Gasteiger partial charge < -0.3 is 14.7 Å². The van der Waals surface area contributed by atoms with E-state index in [1.54, 1.807) is 4.90 Å².